The number of carbonyl (C=O) groups is 1. The summed E-state index contributed by atoms with van der Waals surface area (Å²) in [7, 11) is 1.81. The Morgan fingerprint density at radius 1 is 1.33 bits per heavy atom. The molecule has 0 aliphatic carbocycles. The van der Waals surface area contributed by atoms with Crippen LogP contribution in [0, 0.1) is 0 Å². The largest absolute Gasteiger partial charge is 0.397 e. The minimum Gasteiger partial charge on any atom is -0.397 e. The standard InChI is InChI=1S/C15H13BrN2OS2/c1-18(8-9-4-3-7-20-9)15(19)14-13(17)12-10(16)5-2-6-11(12)21-14/h2-7H,8,17H2,1H3. The summed E-state index contributed by atoms with van der Waals surface area (Å²) in [5.74, 6) is -0.0333. The summed E-state index contributed by atoms with van der Waals surface area (Å²) < 4.78 is 1.95. The van der Waals surface area contributed by atoms with Crippen molar-refractivity contribution < 1.29 is 4.79 Å². The van der Waals surface area contributed by atoms with Crippen molar-refractivity contribution in [1.29, 1.82) is 0 Å². The molecule has 0 bridgehead atoms. The molecule has 108 valence electrons. The Morgan fingerprint density at radius 2 is 2.14 bits per heavy atom. The first-order valence-electron chi connectivity index (χ1n) is 6.32. The molecule has 1 aromatic carbocycles. The molecule has 0 aliphatic rings. The van der Waals surface area contributed by atoms with Gasteiger partial charge in [0.1, 0.15) is 4.88 Å². The maximum Gasteiger partial charge on any atom is 0.266 e. The molecule has 0 atom stereocenters. The number of fused-ring (bicyclic) bond motifs is 1. The van der Waals surface area contributed by atoms with E-state index in [9.17, 15) is 4.79 Å². The number of benzene rings is 1. The molecule has 3 aromatic rings. The first-order valence-corrected chi connectivity index (χ1v) is 8.81. The fraction of sp³-hybridized carbons (Fsp3) is 0.133. The van der Waals surface area contributed by atoms with E-state index in [0.29, 0.717) is 17.1 Å². The average Bonchev–Trinajstić information content (AvgIpc) is 3.07. The van der Waals surface area contributed by atoms with Crippen molar-refractivity contribution in [3.8, 4) is 0 Å². The fourth-order valence-electron chi connectivity index (χ4n) is 2.17. The van der Waals surface area contributed by atoms with Crippen LogP contribution in [0.5, 0.6) is 0 Å². The van der Waals surface area contributed by atoms with Crippen molar-refractivity contribution in [3.05, 3.63) is 49.9 Å². The van der Waals surface area contributed by atoms with Gasteiger partial charge in [0.2, 0.25) is 0 Å². The smallest absolute Gasteiger partial charge is 0.266 e. The second-order valence-corrected chi connectivity index (χ2v) is 7.64. The van der Waals surface area contributed by atoms with Crippen LogP contribution in [0.3, 0.4) is 0 Å². The van der Waals surface area contributed by atoms with E-state index in [-0.39, 0.29) is 5.91 Å². The van der Waals surface area contributed by atoms with Crippen LogP contribution < -0.4 is 5.73 Å². The van der Waals surface area contributed by atoms with Gasteiger partial charge in [0.25, 0.3) is 5.91 Å². The topological polar surface area (TPSA) is 46.3 Å². The van der Waals surface area contributed by atoms with Crippen molar-refractivity contribution in [2.24, 2.45) is 0 Å². The third kappa shape index (κ3) is 2.71. The molecule has 0 spiro atoms. The Labute approximate surface area is 139 Å². The van der Waals surface area contributed by atoms with Crippen molar-refractivity contribution >= 4 is 60.3 Å². The molecule has 6 heteroatoms. The lowest BCUT2D eigenvalue weighted by Gasteiger charge is -2.15. The molecular weight excluding hydrogens is 368 g/mol. The SMILES string of the molecule is CN(Cc1cccs1)C(=O)c1sc2cccc(Br)c2c1N. The molecule has 0 saturated heterocycles. The van der Waals surface area contributed by atoms with Crippen LogP contribution in [-0.4, -0.2) is 17.9 Å². The van der Waals surface area contributed by atoms with Gasteiger partial charge in [0, 0.05) is 26.5 Å². The van der Waals surface area contributed by atoms with Crippen molar-refractivity contribution in [3.63, 3.8) is 0 Å². The van der Waals surface area contributed by atoms with Crippen LogP contribution in [0.4, 0.5) is 5.69 Å². The lowest BCUT2D eigenvalue weighted by atomic mass is 10.2. The maximum absolute atomic E-state index is 12.6. The molecule has 1 amide bonds. The number of halogens is 1. The summed E-state index contributed by atoms with van der Waals surface area (Å²) in [6, 6.07) is 9.89. The number of amides is 1. The van der Waals surface area contributed by atoms with Gasteiger partial charge in [-0.05, 0) is 23.6 Å². The summed E-state index contributed by atoms with van der Waals surface area (Å²) in [4.78, 5) is 16.1. The summed E-state index contributed by atoms with van der Waals surface area (Å²) in [6.45, 7) is 0.603. The number of nitrogens with zero attached hydrogens (tertiary/aromatic N) is 1. The minimum absolute atomic E-state index is 0.0333. The van der Waals surface area contributed by atoms with Gasteiger partial charge in [-0.15, -0.1) is 22.7 Å². The van der Waals surface area contributed by atoms with Crippen molar-refractivity contribution in [2.75, 3.05) is 12.8 Å². The van der Waals surface area contributed by atoms with E-state index in [1.807, 2.05) is 35.7 Å². The van der Waals surface area contributed by atoms with Crippen LogP contribution >= 0.6 is 38.6 Å². The predicted octanol–water partition coefficient (Wildman–Crippen LogP) is 4.58. The molecule has 3 rings (SSSR count). The molecule has 21 heavy (non-hydrogen) atoms. The minimum atomic E-state index is -0.0333. The number of rotatable bonds is 3. The van der Waals surface area contributed by atoms with E-state index in [0.717, 1.165) is 19.4 Å². The van der Waals surface area contributed by atoms with Crippen LogP contribution in [0.15, 0.2) is 40.2 Å². The Morgan fingerprint density at radius 3 is 2.81 bits per heavy atom. The molecule has 0 radical (unpaired) electrons. The Kier molecular flexibility index (Phi) is 4.01. The van der Waals surface area contributed by atoms with E-state index in [2.05, 4.69) is 15.9 Å². The van der Waals surface area contributed by atoms with Gasteiger partial charge in [-0.2, -0.15) is 0 Å². The third-order valence-corrected chi connectivity index (χ3v) is 5.90. The third-order valence-electron chi connectivity index (χ3n) is 3.22. The lowest BCUT2D eigenvalue weighted by molar-refractivity contribution is 0.0792. The number of hydrogen-bond acceptors (Lipinski definition) is 4. The van der Waals surface area contributed by atoms with Gasteiger partial charge in [0.05, 0.1) is 12.2 Å². The summed E-state index contributed by atoms with van der Waals surface area (Å²) in [6.07, 6.45) is 0. The van der Waals surface area contributed by atoms with Gasteiger partial charge in [-0.1, -0.05) is 28.1 Å². The second-order valence-electron chi connectivity index (χ2n) is 4.70. The highest BCUT2D eigenvalue weighted by Crippen LogP contribution is 2.38. The van der Waals surface area contributed by atoms with Crippen LogP contribution in [0.25, 0.3) is 10.1 Å². The molecule has 2 heterocycles. The first kappa shape index (κ1) is 14.6. The number of anilines is 1. The maximum atomic E-state index is 12.6. The zero-order valence-corrected chi connectivity index (χ0v) is 14.5. The number of carbonyl (C=O) groups excluding carboxylic acids is 1. The molecule has 2 aromatic heterocycles. The van der Waals surface area contributed by atoms with Gasteiger partial charge in [-0.25, -0.2) is 0 Å². The zero-order chi connectivity index (χ0) is 15.0. The summed E-state index contributed by atoms with van der Waals surface area (Å²) >= 11 is 6.59. The molecule has 2 N–H and O–H groups in total. The molecule has 3 nitrogen and oxygen atoms in total. The molecular formula is C15H13BrN2OS2. The van der Waals surface area contributed by atoms with E-state index in [1.165, 1.54) is 11.3 Å². The quantitative estimate of drug-likeness (QED) is 0.722. The normalized spacial score (nSPS) is 11.0. The first-order chi connectivity index (χ1) is 10.1. The molecule has 0 aliphatic heterocycles. The van der Waals surface area contributed by atoms with E-state index >= 15 is 0 Å². The number of nitrogen functional groups attached to an aromatic ring is 1. The monoisotopic (exact) mass is 380 g/mol. The highest BCUT2D eigenvalue weighted by molar-refractivity contribution is 9.10. The van der Waals surface area contributed by atoms with E-state index in [4.69, 9.17) is 5.73 Å². The number of hydrogen-bond donors (Lipinski definition) is 1. The van der Waals surface area contributed by atoms with Crippen molar-refractivity contribution in [1.82, 2.24) is 4.90 Å². The van der Waals surface area contributed by atoms with Gasteiger partial charge in [-0.3, -0.25) is 4.79 Å². The Hall–Kier alpha value is -1.37. The fourth-order valence-corrected chi connectivity index (χ4v) is 4.78. The number of thiophene rings is 2. The van der Waals surface area contributed by atoms with E-state index in [1.54, 1.807) is 23.3 Å². The second kappa shape index (κ2) is 5.79. The van der Waals surface area contributed by atoms with Gasteiger partial charge < -0.3 is 10.6 Å². The van der Waals surface area contributed by atoms with Gasteiger partial charge >= 0.3 is 0 Å². The summed E-state index contributed by atoms with van der Waals surface area (Å²) in [5, 5.41) is 2.94. The highest BCUT2D eigenvalue weighted by Gasteiger charge is 2.21. The van der Waals surface area contributed by atoms with Gasteiger partial charge in [0.15, 0.2) is 0 Å². The van der Waals surface area contributed by atoms with E-state index < -0.39 is 0 Å². The molecule has 0 saturated carbocycles. The Balaban J connectivity index is 1.94. The highest BCUT2D eigenvalue weighted by atomic mass is 79.9. The average molecular weight is 381 g/mol. The molecule has 0 unspecified atom stereocenters. The van der Waals surface area contributed by atoms with Crippen molar-refractivity contribution in [2.45, 2.75) is 6.54 Å². The summed E-state index contributed by atoms with van der Waals surface area (Å²) in [5.41, 5.74) is 6.75. The Bertz CT molecular complexity index is 795. The van der Waals surface area contributed by atoms with Crippen LogP contribution in [0.1, 0.15) is 14.5 Å². The zero-order valence-electron chi connectivity index (χ0n) is 11.3. The van der Waals surface area contributed by atoms with Crippen LogP contribution in [0.2, 0.25) is 0 Å². The lowest BCUT2D eigenvalue weighted by Crippen LogP contribution is -2.25. The number of nitrogens with two attached hydrogens (primary N) is 1. The predicted molar refractivity (Wildman–Crippen MR) is 94.1 cm³/mol. The molecule has 0 fully saturated rings. The van der Waals surface area contributed by atoms with Crippen LogP contribution in [-0.2, 0) is 6.54 Å².